The van der Waals surface area contributed by atoms with Gasteiger partial charge in [0.25, 0.3) is 5.91 Å². The molecule has 5 heteroatoms. The van der Waals surface area contributed by atoms with Gasteiger partial charge in [-0.05, 0) is 19.1 Å². The zero-order valence-corrected chi connectivity index (χ0v) is 8.64. The van der Waals surface area contributed by atoms with Crippen molar-refractivity contribution in [2.75, 3.05) is 13.7 Å². The van der Waals surface area contributed by atoms with Crippen molar-refractivity contribution in [2.45, 2.75) is 13.0 Å². The number of likely N-dealkylation sites (N-methyl/N-ethyl adjacent to an activating group) is 1. The molecule has 0 aromatic carbocycles. The van der Waals surface area contributed by atoms with Crippen LogP contribution < -0.4 is 0 Å². The summed E-state index contributed by atoms with van der Waals surface area (Å²) in [7, 11) is 1.51. The molecule has 1 aromatic rings. The Morgan fingerprint density at radius 3 is 2.93 bits per heavy atom. The van der Waals surface area contributed by atoms with Crippen LogP contribution in [-0.2, 0) is 0 Å². The molecule has 1 aromatic heterocycles. The number of carbonyl (C=O) groups excluding carboxylic acids is 1. The first-order valence-electron chi connectivity index (χ1n) is 4.56. The number of amides is 1. The molecule has 0 saturated carbocycles. The summed E-state index contributed by atoms with van der Waals surface area (Å²) in [5, 5.41) is 8.87. The maximum Gasteiger partial charge on any atom is 0.258 e. The fourth-order valence-electron chi connectivity index (χ4n) is 1.06. The third-order valence-electron chi connectivity index (χ3n) is 2.24. The minimum Gasteiger partial charge on any atom is -0.394 e. The molecule has 0 spiro atoms. The molecule has 1 atom stereocenters. The van der Waals surface area contributed by atoms with Gasteiger partial charge in [0, 0.05) is 13.2 Å². The Kier molecular flexibility index (Phi) is 3.74. The van der Waals surface area contributed by atoms with Crippen LogP contribution in [0.2, 0.25) is 0 Å². The Morgan fingerprint density at radius 2 is 2.40 bits per heavy atom. The maximum atomic E-state index is 13.1. The number of rotatable bonds is 3. The van der Waals surface area contributed by atoms with Crippen LogP contribution in [0.4, 0.5) is 4.39 Å². The number of halogens is 1. The Bertz CT molecular complexity index is 357. The fraction of sp³-hybridized carbons (Fsp3) is 0.400. The van der Waals surface area contributed by atoms with Crippen LogP contribution in [0.25, 0.3) is 0 Å². The molecule has 1 N–H and O–H groups in total. The van der Waals surface area contributed by atoms with E-state index in [4.69, 9.17) is 5.11 Å². The van der Waals surface area contributed by atoms with Gasteiger partial charge < -0.3 is 10.0 Å². The molecule has 0 aliphatic heterocycles. The number of carbonyl (C=O) groups is 1. The molecule has 0 aliphatic rings. The zero-order chi connectivity index (χ0) is 11.4. The largest absolute Gasteiger partial charge is 0.394 e. The van der Waals surface area contributed by atoms with E-state index in [-0.39, 0.29) is 18.2 Å². The van der Waals surface area contributed by atoms with E-state index in [1.54, 1.807) is 6.92 Å². The van der Waals surface area contributed by atoms with Crippen molar-refractivity contribution >= 4 is 5.91 Å². The number of aromatic nitrogens is 1. The normalized spacial score (nSPS) is 12.3. The first-order chi connectivity index (χ1) is 7.07. The minimum absolute atomic E-state index is 0.0831. The Balaban J connectivity index is 2.90. The monoisotopic (exact) mass is 212 g/mol. The van der Waals surface area contributed by atoms with Crippen LogP contribution >= 0.6 is 0 Å². The van der Waals surface area contributed by atoms with Crippen LogP contribution in [-0.4, -0.2) is 40.6 Å². The topological polar surface area (TPSA) is 53.4 Å². The van der Waals surface area contributed by atoms with Crippen molar-refractivity contribution in [2.24, 2.45) is 0 Å². The average Bonchev–Trinajstić information content (AvgIpc) is 2.26. The smallest absolute Gasteiger partial charge is 0.258 e. The molecule has 0 radical (unpaired) electrons. The highest BCUT2D eigenvalue weighted by atomic mass is 19.1. The van der Waals surface area contributed by atoms with E-state index >= 15 is 0 Å². The predicted octanol–water partition coefficient (Wildman–Crippen LogP) is 0.674. The number of nitrogens with zero attached hydrogens (tertiary/aromatic N) is 2. The molecule has 1 amide bonds. The molecular weight excluding hydrogens is 199 g/mol. The van der Waals surface area contributed by atoms with E-state index in [9.17, 15) is 9.18 Å². The van der Waals surface area contributed by atoms with E-state index < -0.39 is 11.9 Å². The summed E-state index contributed by atoms with van der Waals surface area (Å²) >= 11 is 0. The summed E-state index contributed by atoms with van der Waals surface area (Å²) in [6.07, 6.45) is 1.28. The SMILES string of the molecule is CC(CO)N(C)C(=O)c1cccnc1F. The third kappa shape index (κ3) is 2.50. The van der Waals surface area contributed by atoms with Crippen LogP contribution in [0.15, 0.2) is 18.3 Å². The summed E-state index contributed by atoms with van der Waals surface area (Å²) in [4.78, 5) is 16.4. The third-order valence-corrected chi connectivity index (χ3v) is 2.24. The fourth-order valence-corrected chi connectivity index (χ4v) is 1.06. The van der Waals surface area contributed by atoms with Crippen LogP contribution in [0.1, 0.15) is 17.3 Å². The lowest BCUT2D eigenvalue weighted by Crippen LogP contribution is -2.37. The van der Waals surface area contributed by atoms with Gasteiger partial charge in [-0.25, -0.2) is 4.98 Å². The molecule has 82 valence electrons. The molecule has 1 unspecified atom stereocenters. The van der Waals surface area contributed by atoms with Gasteiger partial charge in [-0.3, -0.25) is 4.79 Å². The van der Waals surface area contributed by atoms with Crippen molar-refractivity contribution in [3.8, 4) is 0 Å². The summed E-state index contributed by atoms with van der Waals surface area (Å²) in [6, 6.07) is 2.51. The lowest BCUT2D eigenvalue weighted by atomic mass is 10.2. The van der Waals surface area contributed by atoms with E-state index in [0.29, 0.717) is 0 Å². The molecule has 0 saturated heterocycles. The second kappa shape index (κ2) is 4.84. The highest BCUT2D eigenvalue weighted by molar-refractivity contribution is 5.94. The van der Waals surface area contributed by atoms with Gasteiger partial charge in [0.05, 0.1) is 18.2 Å². The van der Waals surface area contributed by atoms with E-state index in [2.05, 4.69) is 4.98 Å². The molecule has 1 heterocycles. The maximum absolute atomic E-state index is 13.1. The molecule has 4 nitrogen and oxygen atoms in total. The quantitative estimate of drug-likeness (QED) is 0.749. The van der Waals surface area contributed by atoms with Crippen molar-refractivity contribution in [3.63, 3.8) is 0 Å². The standard InChI is InChI=1S/C10H13FN2O2/c1-7(6-14)13(2)10(15)8-4-3-5-12-9(8)11/h3-5,7,14H,6H2,1-2H3. The van der Waals surface area contributed by atoms with Gasteiger partial charge in [0.15, 0.2) is 0 Å². The summed E-state index contributed by atoms with van der Waals surface area (Å²) < 4.78 is 13.1. The number of aliphatic hydroxyl groups is 1. The van der Waals surface area contributed by atoms with Crippen LogP contribution in [0, 0.1) is 5.95 Å². The summed E-state index contributed by atoms with van der Waals surface area (Å²) in [6.45, 7) is 1.51. The van der Waals surface area contributed by atoms with Gasteiger partial charge in [-0.15, -0.1) is 0 Å². The number of pyridine rings is 1. The molecule has 1 rings (SSSR count). The second-order valence-electron chi connectivity index (χ2n) is 3.29. The summed E-state index contributed by atoms with van der Waals surface area (Å²) in [5.41, 5.74) is -0.0831. The molecule has 0 bridgehead atoms. The molecule has 0 fully saturated rings. The van der Waals surface area contributed by atoms with Gasteiger partial charge in [0.2, 0.25) is 5.95 Å². The van der Waals surface area contributed by atoms with Crippen LogP contribution in [0.3, 0.4) is 0 Å². The summed E-state index contributed by atoms with van der Waals surface area (Å²) in [5.74, 6) is -1.28. The number of aliphatic hydroxyl groups excluding tert-OH is 1. The first kappa shape index (κ1) is 11.6. The Morgan fingerprint density at radius 1 is 1.73 bits per heavy atom. The Labute approximate surface area is 87.4 Å². The van der Waals surface area contributed by atoms with Crippen molar-refractivity contribution in [3.05, 3.63) is 29.8 Å². The van der Waals surface area contributed by atoms with Crippen molar-refractivity contribution < 1.29 is 14.3 Å². The first-order valence-corrected chi connectivity index (χ1v) is 4.56. The van der Waals surface area contributed by atoms with Gasteiger partial charge in [-0.2, -0.15) is 4.39 Å². The lowest BCUT2D eigenvalue weighted by molar-refractivity contribution is 0.0676. The van der Waals surface area contributed by atoms with Gasteiger partial charge in [-0.1, -0.05) is 0 Å². The average molecular weight is 212 g/mol. The van der Waals surface area contributed by atoms with Gasteiger partial charge in [0.1, 0.15) is 0 Å². The number of hydrogen-bond acceptors (Lipinski definition) is 3. The van der Waals surface area contributed by atoms with Crippen LogP contribution in [0.5, 0.6) is 0 Å². The lowest BCUT2D eigenvalue weighted by Gasteiger charge is -2.23. The highest BCUT2D eigenvalue weighted by Crippen LogP contribution is 2.08. The van der Waals surface area contributed by atoms with E-state index in [1.165, 1.54) is 30.3 Å². The minimum atomic E-state index is -0.792. The molecular formula is C10H13FN2O2. The number of hydrogen-bond donors (Lipinski definition) is 1. The van der Waals surface area contributed by atoms with Gasteiger partial charge >= 0.3 is 0 Å². The zero-order valence-electron chi connectivity index (χ0n) is 8.64. The van der Waals surface area contributed by atoms with E-state index in [1.807, 2.05) is 0 Å². The highest BCUT2D eigenvalue weighted by Gasteiger charge is 2.19. The molecule has 15 heavy (non-hydrogen) atoms. The second-order valence-corrected chi connectivity index (χ2v) is 3.29. The van der Waals surface area contributed by atoms with Crippen molar-refractivity contribution in [1.29, 1.82) is 0 Å². The van der Waals surface area contributed by atoms with E-state index in [0.717, 1.165) is 0 Å². The van der Waals surface area contributed by atoms with Crippen molar-refractivity contribution in [1.82, 2.24) is 9.88 Å². The molecule has 0 aliphatic carbocycles. The predicted molar refractivity (Wildman–Crippen MR) is 52.8 cm³/mol. The Hall–Kier alpha value is -1.49.